The second-order valence-electron chi connectivity index (χ2n) is 2.44. The molecule has 2 N–H and O–H groups in total. The molecule has 0 radical (unpaired) electrons. The highest BCUT2D eigenvalue weighted by atomic mass is 35.5. The van der Waals surface area contributed by atoms with Gasteiger partial charge in [-0.05, 0) is 19.1 Å². The second-order valence-corrected chi connectivity index (χ2v) is 2.85. The molecule has 1 heterocycles. The van der Waals surface area contributed by atoms with Crippen LogP contribution in [0.2, 0.25) is 0 Å². The fraction of sp³-hybridized carbons (Fsp3) is 0.375. The van der Waals surface area contributed by atoms with Gasteiger partial charge in [0, 0.05) is 5.70 Å². The maximum atomic E-state index is 11.0. The summed E-state index contributed by atoms with van der Waals surface area (Å²) in [5.41, 5.74) is 6.19. The quantitative estimate of drug-likeness (QED) is 0.530. The van der Waals surface area contributed by atoms with Crippen LogP contribution in [-0.4, -0.2) is 12.6 Å². The number of nitrogens with one attached hydrogen (secondary N) is 2. The van der Waals surface area contributed by atoms with Gasteiger partial charge in [0.15, 0.2) is 0 Å². The number of halogens is 1. The summed E-state index contributed by atoms with van der Waals surface area (Å²) >= 11 is 5.61. The number of hydrazine groups is 1. The topological polar surface area (TPSA) is 50.4 Å². The number of hydrogen-bond acceptors (Lipinski definition) is 4. The van der Waals surface area contributed by atoms with Crippen LogP contribution in [0.4, 0.5) is 0 Å². The van der Waals surface area contributed by atoms with Crippen molar-refractivity contribution in [1.29, 1.82) is 0 Å². The lowest BCUT2D eigenvalue weighted by Crippen LogP contribution is -2.32. The highest BCUT2D eigenvalue weighted by Gasteiger charge is 2.08. The number of esters is 1. The number of ether oxygens (including phenoxy) is 1. The predicted octanol–water partition coefficient (Wildman–Crippen LogP) is 1.01. The van der Waals surface area contributed by atoms with Gasteiger partial charge in [-0.15, -0.1) is 0 Å². The van der Waals surface area contributed by atoms with Crippen molar-refractivity contribution in [3.8, 4) is 0 Å². The maximum Gasteiger partial charge on any atom is 0.311 e. The lowest BCUT2D eigenvalue weighted by Gasteiger charge is -2.14. The number of carbonyl (C=O) groups is 1. The number of allylic oxidation sites excluding steroid dienone is 2. The molecule has 0 aromatic rings. The highest BCUT2D eigenvalue weighted by Crippen LogP contribution is 2.06. The van der Waals surface area contributed by atoms with Crippen molar-refractivity contribution in [3.05, 3.63) is 23.0 Å². The van der Waals surface area contributed by atoms with E-state index in [0.717, 1.165) is 5.70 Å². The van der Waals surface area contributed by atoms with E-state index in [9.17, 15) is 4.79 Å². The molecular weight excluding hydrogens is 192 g/mol. The highest BCUT2D eigenvalue weighted by molar-refractivity contribution is 6.29. The first-order valence-electron chi connectivity index (χ1n) is 3.96. The third-order valence-corrected chi connectivity index (χ3v) is 1.63. The molecule has 5 heteroatoms. The van der Waals surface area contributed by atoms with Gasteiger partial charge in [0.05, 0.1) is 13.0 Å². The van der Waals surface area contributed by atoms with E-state index in [1.165, 1.54) is 0 Å². The third-order valence-electron chi connectivity index (χ3n) is 1.41. The van der Waals surface area contributed by atoms with E-state index < -0.39 is 0 Å². The minimum absolute atomic E-state index is 0.224. The molecule has 0 aromatic heterocycles. The predicted molar refractivity (Wildman–Crippen MR) is 49.5 cm³/mol. The van der Waals surface area contributed by atoms with Crippen LogP contribution in [0.15, 0.2) is 23.0 Å². The summed E-state index contributed by atoms with van der Waals surface area (Å²) in [6.07, 6.45) is 3.63. The van der Waals surface area contributed by atoms with Crippen LogP contribution < -0.4 is 10.9 Å². The molecule has 0 fully saturated rings. The van der Waals surface area contributed by atoms with Crippen molar-refractivity contribution in [2.24, 2.45) is 0 Å². The molecule has 1 aliphatic rings. The fourth-order valence-electron chi connectivity index (χ4n) is 0.868. The molecule has 0 saturated heterocycles. The summed E-state index contributed by atoms with van der Waals surface area (Å²) in [6, 6.07) is 0. The Hall–Kier alpha value is -1.16. The Kier molecular flexibility index (Phi) is 3.64. The normalized spacial score (nSPS) is 14.9. The first-order valence-corrected chi connectivity index (χ1v) is 4.34. The van der Waals surface area contributed by atoms with Gasteiger partial charge < -0.3 is 10.2 Å². The lowest BCUT2D eigenvalue weighted by molar-refractivity contribution is -0.142. The Morgan fingerprint density at radius 1 is 1.54 bits per heavy atom. The van der Waals surface area contributed by atoms with Crippen LogP contribution >= 0.6 is 11.6 Å². The van der Waals surface area contributed by atoms with Gasteiger partial charge >= 0.3 is 5.97 Å². The van der Waals surface area contributed by atoms with Crippen molar-refractivity contribution in [2.75, 3.05) is 6.61 Å². The van der Waals surface area contributed by atoms with Crippen molar-refractivity contribution < 1.29 is 9.53 Å². The summed E-state index contributed by atoms with van der Waals surface area (Å²) in [4.78, 5) is 11.0. The van der Waals surface area contributed by atoms with Gasteiger partial charge in [-0.25, -0.2) is 0 Å². The molecule has 0 aliphatic carbocycles. The smallest absolute Gasteiger partial charge is 0.311 e. The van der Waals surface area contributed by atoms with Crippen LogP contribution in [0.1, 0.15) is 13.3 Å². The Morgan fingerprint density at radius 3 is 2.85 bits per heavy atom. The Labute approximate surface area is 81.6 Å². The molecule has 1 rings (SSSR count). The van der Waals surface area contributed by atoms with Crippen LogP contribution in [0, 0.1) is 0 Å². The molecule has 0 bridgehead atoms. The number of rotatable bonds is 3. The minimum Gasteiger partial charge on any atom is -0.466 e. The van der Waals surface area contributed by atoms with Crippen LogP contribution in [0.25, 0.3) is 0 Å². The van der Waals surface area contributed by atoms with Crippen molar-refractivity contribution >= 4 is 17.6 Å². The zero-order chi connectivity index (χ0) is 9.68. The average molecular weight is 203 g/mol. The van der Waals surface area contributed by atoms with Gasteiger partial charge in [0.1, 0.15) is 5.16 Å². The van der Waals surface area contributed by atoms with Crippen LogP contribution in [0.3, 0.4) is 0 Å². The standard InChI is InChI=1S/C8H11ClN2O2/c1-2-13-8(12)5-6-3-4-7(9)11-10-6/h3-4,10-11H,2,5H2,1H3. The molecule has 0 atom stereocenters. The van der Waals surface area contributed by atoms with Crippen molar-refractivity contribution in [2.45, 2.75) is 13.3 Å². The van der Waals surface area contributed by atoms with E-state index in [-0.39, 0.29) is 12.4 Å². The van der Waals surface area contributed by atoms with Gasteiger partial charge in [0.2, 0.25) is 0 Å². The van der Waals surface area contributed by atoms with Gasteiger partial charge in [-0.2, -0.15) is 0 Å². The van der Waals surface area contributed by atoms with E-state index >= 15 is 0 Å². The first-order chi connectivity index (χ1) is 6.22. The number of hydrogen-bond donors (Lipinski definition) is 2. The Morgan fingerprint density at radius 2 is 2.31 bits per heavy atom. The third kappa shape index (κ3) is 3.38. The van der Waals surface area contributed by atoms with E-state index in [0.29, 0.717) is 11.8 Å². The SMILES string of the molecule is CCOC(=O)CC1=CC=C(Cl)NN1. The largest absolute Gasteiger partial charge is 0.466 e. The van der Waals surface area contributed by atoms with E-state index in [2.05, 4.69) is 10.9 Å². The maximum absolute atomic E-state index is 11.0. The molecule has 72 valence electrons. The number of carbonyl (C=O) groups excluding carboxylic acids is 1. The van der Waals surface area contributed by atoms with Crippen molar-refractivity contribution in [3.63, 3.8) is 0 Å². The molecule has 0 spiro atoms. The van der Waals surface area contributed by atoms with Crippen LogP contribution in [-0.2, 0) is 9.53 Å². The molecule has 0 aromatic carbocycles. The molecule has 1 aliphatic heterocycles. The average Bonchev–Trinajstić information content (AvgIpc) is 2.09. The summed E-state index contributed by atoms with van der Waals surface area (Å²) in [5, 5.41) is 0.493. The summed E-state index contributed by atoms with van der Waals surface area (Å²) in [7, 11) is 0. The van der Waals surface area contributed by atoms with Crippen LogP contribution in [0.5, 0.6) is 0 Å². The summed E-state index contributed by atoms with van der Waals surface area (Å²) in [6.45, 7) is 2.17. The van der Waals surface area contributed by atoms with E-state index in [1.54, 1.807) is 19.1 Å². The first kappa shape index (κ1) is 9.92. The molecule has 4 nitrogen and oxygen atoms in total. The lowest BCUT2D eigenvalue weighted by atomic mass is 10.3. The summed E-state index contributed by atoms with van der Waals surface area (Å²) < 4.78 is 4.77. The van der Waals surface area contributed by atoms with Gasteiger partial charge in [0.25, 0.3) is 0 Å². The molecule has 13 heavy (non-hydrogen) atoms. The second kappa shape index (κ2) is 4.77. The molecule has 0 unspecified atom stereocenters. The summed E-state index contributed by atoms with van der Waals surface area (Å²) in [5.74, 6) is -0.255. The fourth-order valence-corrected chi connectivity index (χ4v) is 0.978. The van der Waals surface area contributed by atoms with Gasteiger partial charge in [-0.1, -0.05) is 11.6 Å². The van der Waals surface area contributed by atoms with Gasteiger partial charge in [-0.3, -0.25) is 10.2 Å². The zero-order valence-electron chi connectivity index (χ0n) is 7.26. The Bertz CT molecular complexity index is 261. The van der Waals surface area contributed by atoms with E-state index in [4.69, 9.17) is 16.3 Å². The minimum atomic E-state index is -0.255. The van der Waals surface area contributed by atoms with Crippen molar-refractivity contribution in [1.82, 2.24) is 10.9 Å². The molecule has 0 saturated carbocycles. The molecule has 0 amide bonds. The Balaban J connectivity index is 2.42. The molecular formula is C8H11ClN2O2. The van der Waals surface area contributed by atoms with E-state index in [1.807, 2.05) is 0 Å². The monoisotopic (exact) mass is 202 g/mol. The zero-order valence-corrected chi connectivity index (χ0v) is 8.02.